The van der Waals surface area contributed by atoms with E-state index in [4.69, 9.17) is 11.5 Å². The Morgan fingerprint density at radius 1 is 1.08 bits per heavy atom. The van der Waals surface area contributed by atoms with Gasteiger partial charge >= 0.3 is 0 Å². The average Bonchev–Trinajstić information content (AvgIpc) is 1.95. The first-order valence-electron chi connectivity index (χ1n) is 4.73. The first-order chi connectivity index (χ1) is 5.52. The van der Waals surface area contributed by atoms with E-state index in [0.29, 0.717) is 6.04 Å². The third-order valence-electron chi connectivity index (χ3n) is 2.36. The van der Waals surface area contributed by atoms with Crippen molar-refractivity contribution in [3.8, 4) is 0 Å². The van der Waals surface area contributed by atoms with Crippen LogP contribution in [0, 0.1) is 0 Å². The minimum absolute atomic E-state index is 0.580. The van der Waals surface area contributed by atoms with Crippen LogP contribution in [0.25, 0.3) is 0 Å². The van der Waals surface area contributed by atoms with Gasteiger partial charge in [-0.05, 0) is 19.4 Å². The highest BCUT2D eigenvalue weighted by Gasteiger charge is 2.20. The van der Waals surface area contributed by atoms with E-state index in [9.17, 15) is 0 Å². The van der Waals surface area contributed by atoms with Gasteiger partial charge in [-0.3, -0.25) is 0 Å². The molecule has 0 radical (unpaired) electrons. The Morgan fingerprint density at radius 3 is 2.00 bits per heavy atom. The third-order valence-corrected chi connectivity index (χ3v) is 2.36. The van der Waals surface area contributed by atoms with Crippen LogP contribution in [-0.2, 0) is 0 Å². The van der Waals surface area contributed by atoms with Crippen molar-refractivity contribution in [2.45, 2.75) is 25.3 Å². The zero-order chi connectivity index (χ0) is 9.61. The summed E-state index contributed by atoms with van der Waals surface area (Å²) in [6.45, 7) is 1.57. The summed E-state index contributed by atoms with van der Waals surface area (Å²) < 4.78 is 0.959. The lowest BCUT2D eigenvalue weighted by molar-refractivity contribution is -0.894. The van der Waals surface area contributed by atoms with Crippen LogP contribution in [0.1, 0.15) is 19.3 Å². The molecule has 3 heteroatoms. The van der Waals surface area contributed by atoms with Crippen LogP contribution in [0.15, 0.2) is 0 Å². The Bertz CT molecular complexity index is 107. The molecule has 1 atom stereocenters. The monoisotopic (exact) mass is 174 g/mol. The topological polar surface area (TPSA) is 52.0 Å². The van der Waals surface area contributed by atoms with Crippen molar-refractivity contribution < 1.29 is 4.48 Å². The maximum Gasteiger partial charge on any atom is 0.101 e. The van der Waals surface area contributed by atoms with Gasteiger partial charge in [0.05, 0.1) is 21.1 Å². The van der Waals surface area contributed by atoms with Crippen LogP contribution in [0.5, 0.6) is 0 Å². The van der Waals surface area contributed by atoms with E-state index in [2.05, 4.69) is 21.1 Å². The number of unbranched alkanes of at least 4 members (excludes halogenated alkanes) is 1. The summed E-state index contributed by atoms with van der Waals surface area (Å²) >= 11 is 0. The van der Waals surface area contributed by atoms with Crippen molar-refractivity contribution in [3.05, 3.63) is 0 Å². The van der Waals surface area contributed by atoms with E-state index in [0.717, 1.165) is 24.0 Å². The first-order valence-corrected chi connectivity index (χ1v) is 4.73. The van der Waals surface area contributed by atoms with E-state index in [1.807, 2.05) is 0 Å². The maximum absolute atomic E-state index is 5.69. The van der Waals surface area contributed by atoms with Gasteiger partial charge in [-0.1, -0.05) is 0 Å². The normalized spacial score (nSPS) is 14.8. The van der Waals surface area contributed by atoms with Crippen molar-refractivity contribution in [1.82, 2.24) is 0 Å². The SMILES string of the molecule is C[N+](C)(C)C(CN)CCCCN. The van der Waals surface area contributed by atoms with Crippen molar-refractivity contribution in [2.75, 3.05) is 34.2 Å². The molecule has 0 aliphatic carbocycles. The Hall–Kier alpha value is -0.120. The van der Waals surface area contributed by atoms with Crippen LogP contribution in [0.3, 0.4) is 0 Å². The molecule has 0 amide bonds. The second kappa shape index (κ2) is 5.51. The van der Waals surface area contributed by atoms with Crippen LogP contribution in [-0.4, -0.2) is 44.8 Å². The molecule has 4 N–H and O–H groups in total. The highest BCUT2D eigenvalue weighted by atomic mass is 15.3. The molecule has 0 aromatic rings. The fraction of sp³-hybridized carbons (Fsp3) is 1.00. The van der Waals surface area contributed by atoms with E-state index in [1.54, 1.807) is 0 Å². The molecule has 0 fully saturated rings. The molecular formula is C9H24N3+. The summed E-state index contributed by atoms with van der Waals surface area (Å²) in [6, 6.07) is 0.580. The summed E-state index contributed by atoms with van der Waals surface area (Å²) in [5, 5.41) is 0. The standard InChI is InChI=1S/C9H24N3/c1-12(2,3)9(8-11)6-4-5-7-10/h9H,4-8,10-11H2,1-3H3/q+1. The number of likely N-dealkylation sites (N-methyl/N-ethyl adjacent to an activating group) is 1. The molecule has 1 unspecified atom stereocenters. The van der Waals surface area contributed by atoms with Gasteiger partial charge in [-0.25, -0.2) is 0 Å². The minimum Gasteiger partial charge on any atom is -0.330 e. The van der Waals surface area contributed by atoms with Gasteiger partial charge in [0.25, 0.3) is 0 Å². The fourth-order valence-corrected chi connectivity index (χ4v) is 1.35. The van der Waals surface area contributed by atoms with Gasteiger partial charge in [0.1, 0.15) is 6.04 Å². The average molecular weight is 174 g/mol. The summed E-state index contributed by atoms with van der Waals surface area (Å²) in [7, 11) is 6.58. The van der Waals surface area contributed by atoms with Crippen molar-refractivity contribution >= 4 is 0 Å². The molecule has 0 saturated carbocycles. The quantitative estimate of drug-likeness (QED) is 0.445. The van der Waals surface area contributed by atoms with Crippen LogP contribution >= 0.6 is 0 Å². The molecule has 0 bridgehead atoms. The molecule has 0 heterocycles. The first kappa shape index (κ1) is 11.9. The maximum atomic E-state index is 5.69. The van der Waals surface area contributed by atoms with E-state index >= 15 is 0 Å². The van der Waals surface area contributed by atoms with Gasteiger partial charge in [-0.15, -0.1) is 0 Å². The molecule has 0 aliphatic rings. The Kier molecular flexibility index (Phi) is 5.46. The number of hydrogen-bond acceptors (Lipinski definition) is 2. The Balaban J connectivity index is 3.68. The van der Waals surface area contributed by atoms with Gasteiger partial charge < -0.3 is 16.0 Å². The summed E-state index contributed by atoms with van der Waals surface area (Å²) in [6.07, 6.45) is 3.52. The largest absolute Gasteiger partial charge is 0.330 e. The van der Waals surface area contributed by atoms with Gasteiger partial charge in [0.15, 0.2) is 0 Å². The van der Waals surface area contributed by atoms with Crippen LogP contribution in [0.4, 0.5) is 0 Å². The van der Waals surface area contributed by atoms with Gasteiger partial charge in [0.2, 0.25) is 0 Å². The van der Waals surface area contributed by atoms with Crippen LogP contribution in [0.2, 0.25) is 0 Å². The third kappa shape index (κ3) is 4.70. The molecule has 0 saturated heterocycles. The summed E-state index contributed by atoms with van der Waals surface area (Å²) in [4.78, 5) is 0. The molecule has 12 heavy (non-hydrogen) atoms. The molecule has 0 spiro atoms. The second-order valence-corrected chi connectivity index (χ2v) is 4.29. The van der Waals surface area contributed by atoms with E-state index in [1.165, 1.54) is 12.8 Å². The molecule has 74 valence electrons. The predicted molar refractivity (Wildman–Crippen MR) is 53.8 cm³/mol. The lowest BCUT2D eigenvalue weighted by atomic mass is 10.1. The lowest BCUT2D eigenvalue weighted by Gasteiger charge is -2.33. The predicted octanol–water partition coefficient (Wildman–Crippen LogP) is 0.149. The second-order valence-electron chi connectivity index (χ2n) is 4.29. The zero-order valence-corrected chi connectivity index (χ0v) is 8.71. The Morgan fingerprint density at radius 2 is 1.67 bits per heavy atom. The fourth-order valence-electron chi connectivity index (χ4n) is 1.35. The minimum atomic E-state index is 0.580. The van der Waals surface area contributed by atoms with E-state index in [-0.39, 0.29) is 0 Å². The Labute approximate surface area is 76.3 Å². The molecule has 0 aliphatic heterocycles. The summed E-state index contributed by atoms with van der Waals surface area (Å²) in [5.41, 5.74) is 11.1. The highest BCUT2D eigenvalue weighted by Crippen LogP contribution is 2.09. The molecule has 0 rings (SSSR count). The van der Waals surface area contributed by atoms with E-state index < -0.39 is 0 Å². The van der Waals surface area contributed by atoms with Crippen molar-refractivity contribution in [2.24, 2.45) is 11.5 Å². The molecule has 0 aromatic carbocycles. The number of nitrogens with zero attached hydrogens (tertiary/aromatic N) is 1. The van der Waals surface area contributed by atoms with Gasteiger partial charge in [0, 0.05) is 13.0 Å². The van der Waals surface area contributed by atoms with Crippen LogP contribution < -0.4 is 11.5 Å². The van der Waals surface area contributed by atoms with Gasteiger partial charge in [-0.2, -0.15) is 0 Å². The van der Waals surface area contributed by atoms with Crippen molar-refractivity contribution in [3.63, 3.8) is 0 Å². The molecular weight excluding hydrogens is 150 g/mol. The number of hydrogen-bond donors (Lipinski definition) is 2. The number of quaternary nitrogens is 1. The zero-order valence-electron chi connectivity index (χ0n) is 8.71. The number of nitrogens with two attached hydrogens (primary N) is 2. The smallest absolute Gasteiger partial charge is 0.101 e. The highest BCUT2D eigenvalue weighted by molar-refractivity contribution is 4.58. The van der Waals surface area contributed by atoms with Crippen molar-refractivity contribution in [1.29, 1.82) is 0 Å². The molecule has 0 aromatic heterocycles. The lowest BCUT2D eigenvalue weighted by Crippen LogP contribution is -2.49. The molecule has 3 nitrogen and oxygen atoms in total. The summed E-state index contributed by atoms with van der Waals surface area (Å²) in [5.74, 6) is 0. The number of rotatable bonds is 6.